The lowest BCUT2D eigenvalue weighted by atomic mass is 10.1. The predicted molar refractivity (Wildman–Crippen MR) is 77.3 cm³/mol. The molecule has 1 saturated heterocycles. The van der Waals surface area contributed by atoms with E-state index in [1.807, 2.05) is 18.9 Å². The fraction of sp³-hybridized carbons (Fsp3) is 0.286. The first kappa shape index (κ1) is 13.9. The van der Waals surface area contributed by atoms with E-state index in [1.54, 1.807) is 4.68 Å². The Morgan fingerprint density at radius 2 is 2.05 bits per heavy atom. The van der Waals surface area contributed by atoms with Crippen molar-refractivity contribution < 1.29 is 14.3 Å². The topological polar surface area (TPSA) is 62.3 Å². The molecule has 1 aromatic heterocycles. The van der Waals surface area contributed by atoms with Crippen LogP contribution < -0.4 is 10.4 Å². The molecule has 1 fully saturated rings. The summed E-state index contributed by atoms with van der Waals surface area (Å²) >= 11 is 5.79. The number of carbonyl (C=O) groups is 1. The van der Waals surface area contributed by atoms with Crippen LogP contribution in [0.2, 0.25) is 5.02 Å². The Kier molecular flexibility index (Phi) is 2.78. The van der Waals surface area contributed by atoms with Crippen LogP contribution in [0.25, 0.3) is 10.9 Å². The molecular formula is C14H12ClFN2O3. The van der Waals surface area contributed by atoms with Crippen LogP contribution in [0.5, 0.6) is 0 Å². The molecule has 0 aliphatic carbocycles. The van der Waals surface area contributed by atoms with E-state index in [1.165, 1.54) is 12.3 Å². The van der Waals surface area contributed by atoms with Crippen LogP contribution in [0.15, 0.2) is 23.1 Å². The van der Waals surface area contributed by atoms with E-state index in [9.17, 15) is 14.0 Å². The Morgan fingerprint density at radius 1 is 1.43 bits per heavy atom. The van der Waals surface area contributed by atoms with Gasteiger partial charge in [0.25, 0.3) is 0 Å². The van der Waals surface area contributed by atoms with Crippen molar-refractivity contribution in [3.05, 3.63) is 45.0 Å². The zero-order chi connectivity index (χ0) is 15.5. The van der Waals surface area contributed by atoms with Gasteiger partial charge >= 0.3 is 5.97 Å². The van der Waals surface area contributed by atoms with Crippen LogP contribution in [0.3, 0.4) is 0 Å². The van der Waals surface area contributed by atoms with Crippen molar-refractivity contribution in [2.45, 2.75) is 19.4 Å². The molecule has 110 valence electrons. The summed E-state index contributed by atoms with van der Waals surface area (Å²) in [6, 6.07) is 2.33. The van der Waals surface area contributed by atoms with Crippen molar-refractivity contribution in [1.29, 1.82) is 0 Å². The molecule has 1 aliphatic rings. The van der Waals surface area contributed by atoms with Crippen LogP contribution >= 0.6 is 11.6 Å². The first-order valence-corrected chi connectivity index (χ1v) is 6.66. The number of aromatic nitrogens is 1. The zero-order valence-electron chi connectivity index (χ0n) is 11.4. The summed E-state index contributed by atoms with van der Waals surface area (Å²) in [7, 11) is 0. The molecule has 21 heavy (non-hydrogen) atoms. The Morgan fingerprint density at radius 3 is 2.57 bits per heavy atom. The van der Waals surface area contributed by atoms with Gasteiger partial charge in [-0.3, -0.25) is 9.47 Å². The molecule has 3 rings (SSSR count). The van der Waals surface area contributed by atoms with Crippen LogP contribution in [0.1, 0.15) is 24.2 Å². The molecule has 5 nitrogen and oxygen atoms in total. The highest BCUT2D eigenvalue weighted by molar-refractivity contribution is 6.31. The SMILES string of the molecule is CC1(C)CN1n1cc(C(=O)O)c(=O)c2cc(F)c(Cl)cc21. The minimum Gasteiger partial charge on any atom is -0.477 e. The van der Waals surface area contributed by atoms with Crippen LogP contribution in [0.4, 0.5) is 4.39 Å². The number of carboxylic acids is 1. The van der Waals surface area contributed by atoms with Gasteiger partial charge in [-0.2, -0.15) is 0 Å². The fourth-order valence-electron chi connectivity index (χ4n) is 2.35. The van der Waals surface area contributed by atoms with Crippen molar-refractivity contribution in [2.24, 2.45) is 0 Å². The summed E-state index contributed by atoms with van der Waals surface area (Å²) in [5.41, 5.74) is -0.878. The third-order valence-corrected chi connectivity index (χ3v) is 3.94. The van der Waals surface area contributed by atoms with E-state index in [0.717, 1.165) is 6.07 Å². The molecule has 1 aliphatic heterocycles. The van der Waals surface area contributed by atoms with Gasteiger partial charge in [0.2, 0.25) is 5.43 Å². The highest BCUT2D eigenvalue weighted by Gasteiger charge is 2.44. The van der Waals surface area contributed by atoms with Gasteiger partial charge in [-0.15, -0.1) is 0 Å². The second kappa shape index (κ2) is 4.21. The molecule has 0 amide bonds. The number of carboxylic acid groups (broad SMARTS) is 1. The summed E-state index contributed by atoms with van der Waals surface area (Å²) in [6.07, 6.45) is 1.26. The van der Waals surface area contributed by atoms with Gasteiger partial charge in [0.05, 0.1) is 28.0 Å². The number of aromatic carboxylic acids is 1. The first-order valence-electron chi connectivity index (χ1n) is 6.28. The van der Waals surface area contributed by atoms with E-state index in [2.05, 4.69) is 0 Å². The maximum absolute atomic E-state index is 13.6. The second-order valence-electron chi connectivity index (χ2n) is 5.68. The third-order valence-electron chi connectivity index (χ3n) is 3.65. The van der Waals surface area contributed by atoms with E-state index in [-0.39, 0.29) is 15.9 Å². The Balaban J connectivity index is 2.40. The normalized spacial score (nSPS) is 16.3. The summed E-state index contributed by atoms with van der Waals surface area (Å²) in [5, 5.41) is 10.9. The van der Waals surface area contributed by atoms with Gasteiger partial charge in [0.15, 0.2) is 0 Å². The van der Waals surface area contributed by atoms with E-state index in [4.69, 9.17) is 16.7 Å². The van der Waals surface area contributed by atoms with Crippen molar-refractivity contribution in [2.75, 3.05) is 11.6 Å². The quantitative estimate of drug-likeness (QED) is 0.864. The number of fused-ring (bicyclic) bond motifs is 1. The van der Waals surface area contributed by atoms with Gasteiger partial charge in [-0.05, 0) is 26.0 Å². The Bertz CT molecular complexity index is 844. The average molecular weight is 311 g/mol. The van der Waals surface area contributed by atoms with Gasteiger partial charge < -0.3 is 10.1 Å². The number of hydrogen-bond donors (Lipinski definition) is 1. The molecule has 2 heterocycles. The number of hydrogen-bond acceptors (Lipinski definition) is 3. The standard InChI is InChI=1S/C14H12ClFN2O3/c1-14(2)6-18(14)17-5-8(13(20)21)12(19)7-3-10(16)9(15)4-11(7)17/h3-5H,6H2,1-2H3,(H,20,21). The molecule has 1 aromatic carbocycles. The largest absolute Gasteiger partial charge is 0.477 e. The zero-order valence-corrected chi connectivity index (χ0v) is 12.1. The summed E-state index contributed by atoms with van der Waals surface area (Å²) in [5.74, 6) is -2.09. The fourth-order valence-corrected chi connectivity index (χ4v) is 2.51. The molecule has 7 heteroatoms. The predicted octanol–water partition coefficient (Wildman–Crippen LogP) is 2.22. The smallest absolute Gasteiger partial charge is 0.341 e. The highest BCUT2D eigenvalue weighted by atomic mass is 35.5. The maximum Gasteiger partial charge on any atom is 0.341 e. The van der Waals surface area contributed by atoms with Crippen molar-refractivity contribution in [3.8, 4) is 0 Å². The van der Waals surface area contributed by atoms with E-state index < -0.39 is 22.8 Å². The van der Waals surface area contributed by atoms with Crippen molar-refractivity contribution in [1.82, 2.24) is 4.68 Å². The Labute approximate surface area is 124 Å². The van der Waals surface area contributed by atoms with Crippen LogP contribution in [0, 0.1) is 5.82 Å². The summed E-state index contributed by atoms with van der Waals surface area (Å²) in [6.45, 7) is 4.64. The number of benzene rings is 1. The second-order valence-corrected chi connectivity index (χ2v) is 6.08. The Hall–Kier alpha value is -2.08. The monoisotopic (exact) mass is 310 g/mol. The number of halogens is 2. The minimum atomic E-state index is -1.34. The number of nitrogens with zero attached hydrogens (tertiary/aromatic N) is 2. The van der Waals surface area contributed by atoms with E-state index in [0.29, 0.717) is 12.1 Å². The van der Waals surface area contributed by atoms with Crippen LogP contribution in [-0.2, 0) is 0 Å². The molecule has 0 saturated carbocycles. The molecule has 0 radical (unpaired) electrons. The van der Waals surface area contributed by atoms with E-state index >= 15 is 0 Å². The van der Waals surface area contributed by atoms with Gasteiger partial charge in [-0.25, -0.2) is 9.18 Å². The van der Waals surface area contributed by atoms with Gasteiger partial charge in [-0.1, -0.05) is 11.6 Å². The first-order chi connectivity index (χ1) is 9.72. The molecule has 0 spiro atoms. The lowest BCUT2D eigenvalue weighted by Gasteiger charge is -2.17. The molecule has 1 N–H and O–H groups in total. The number of pyridine rings is 1. The lowest BCUT2D eigenvalue weighted by molar-refractivity contribution is 0.0695. The molecule has 2 aromatic rings. The highest BCUT2D eigenvalue weighted by Crippen LogP contribution is 2.31. The lowest BCUT2D eigenvalue weighted by Crippen LogP contribution is -2.26. The van der Waals surface area contributed by atoms with Gasteiger partial charge in [0, 0.05) is 6.20 Å². The molecule has 0 bridgehead atoms. The van der Waals surface area contributed by atoms with Crippen molar-refractivity contribution in [3.63, 3.8) is 0 Å². The summed E-state index contributed by atoms with van der Waals surface area (Å²) < 4.78 is 15.2. The van der Waals surface area contributed by atoms with Crippen LogP contribution in [-0.4, -0.2) is 27.8 Å². The molecule has 0 unspecified atom stereocenters. The van der Waals surface area contributed by atoms with Gasteiger partial charge in [0.1, 0.15) is 11.4 Å². The summed E-state index contributed by atoms with van der Waals surface area (Å²) in [4.78, 5) is 23.4. The average Bonchev–Trinajstić information content (AvgIpc) is 3.01. The molecular weight excluding hydrogens is 299 g/mol. The number of rotatable bonds is 2. The maximum atomic E-state index is 13.6. The third kappa shape index (κ3) is 2.06. The minimum absolute atomic E-state index is 0.000463. The molecule has 0 atom stereocenters. The van der Waals surface area contributed by atoms with Crippen molar-refractivity contribution >= 4 is 28.5 Å².